The molecular formula is C8H13O3P. The molecule has 0 aliphatic rings. The van der Waals surface area contributed by atoms with Crippen LogP contribution in [-0.4, -0.2) is 11.8 Å². The van der Waals surface area contributed by atoms with E-state index in [9.17, 15) is 14.2 Å². The molecule has 68 valence electrons. The molecule has 0 fully saturated rings. The lowest BCUT2D eigenvalue weighted by Crippen LogP contribution is -2.26. The smallest absolute Gasteiger partial charge is 0.232 e. The zero-order chi connectivity index (χ0) is 9.61. The van der Waals surface area contributed by atoms with Crippen molar-refractivity contribution in [2.45, 2.75) is 33.1 Å². The SMILES string of the molecule is CCC(CC)(CC=O)C(=O)P=O. The van der Waals surface area contributed by atoms with Crippen molar-refractivity contribution in [1.82, 2.24) is 0 Å². The van der Waals surface area contributed by atoms with Crippen LogP contribution in [0.15, 0.2) is 0 Å². The first kappa shape index (κ1) is 11.4. The van der Waals surface area contributed by atoms with Gasteiger partial charge in [-0.1, -0.05) is 13.8 Å². The summed E-state index contributed by atoms with van der Waals surface area (Å²) in [6.45, 7) is 3.66. The topological polar surface area (TPSA) is 51.2 Å². The van der Waals surface area contributed by atoms with Gasteiger partial charge in [-0.15, -0.1) is 0 Å². The summed E-state index contributed by atoms with van der Waals surface area (Å²) in [6, 6.07) is 0. The van der Waals surface area contributed by atoms with Gasteiger partial charge in [-0.3, -0.25) is 9.36 Å². The Balaban J connectivity index is 4.66. The summed E-state index contributed by atoms with van der Waals surface area (Å²) >= 11 is 0. The van der Waals surface area contributed by atoms with E-state index in [1.807, 2.05) is 13.8 Å². The highest BCUT2D eigenvalue weighted by atomic mass is 31.1. The molecule has 0 rings (SSSR count). The standard InChI is InChI=1S/C8H13O3P/c1-3-8(4-2,5-6-9)7(10)12-11/h6H,3-5H2,1-2H3. The summed E-state index contributed by atoms with van der Waals surface area (Å²) in [5.74, 6) is 0. The predicted octanol–water partition coefficient (Wildman–Crippen LogP) is 2.20. The van der Waals surface area contributed by atoms with Crippen LogP contribution in [0.2, 0.25) is 0 Å². The van der Waals surface area contributed by atoms with Gasteiger partial charge in [-0.2, -0.15) is 0 Å². The molecule has 0 aliphatic carbocycles. The zero-order valence-electron chi connectivity index (χ0n) is 7.37. The Morgan fingerprint density at radius 1 is 1.42 bits per heavy atom. The molecular weight excluding hydrogens is 175 g/mol. The molecule has 0 atom stereocenters. The van der Waals surface area contributed by atoms with Crippen LogP contribution < -0.4 is 0 Å². The summed E-state index contributed by atoms with van der Waals surface area (Å²) in [6.07, 6.45) is 2.02. The van der Waals surface area contributed by atoms with Gasteiger partial charge in [0.1, 0.15) is 6.29 Å². The van der Waals surface area contributed by atoms with E-state index < -0.39 is 13.9 Å². The Morgan fingerprint density at radius 3 is 2.17 bits per heavy atom. The molecule has 0 aromatic heterocycles. The molecule has 0 aromatic carbocycles. The fourth-order valence-electron chi connectivity index (χ4n) is 1.18. The van der Waals surface area contributed by atoms with Crippen LogP contribution in [-0.2, 0) is 14.2 Å². The fourth-order valence-corrected chi connectivity index (χ4v) is 1.79. The van der Waals surface area contributed by atoms with Crippen molar-refractivity contribution in [3.05, 3.63) is 0 Å². The van der Waals surface area contributed by atoms with Crippen molar-refractivity contribution in [1.29, 1.82) is 0 Å². The van der Waals surface area contributed by atoms with Crippen LogP contribution in [0.1, 0.15) is 33.1 Å². The molecule has 0 radical (unpaired) electrons. The number of hydrogen-bond donors (Lipinski definition) is 0. The van der Waals surface area contributed by atoms with Crippen LogP contribution in [0.25, 0.3) is 0 Å². The Labute approximate surface area is 73.7 Å². The molecule has 0 aliphatic heterocycles. The van der Waals surface area contributed by atoms with Crippen LogP contribution in [0.5, 0.6) is 0 Å². The predicted molar refractivity (Wildman–Crippen MR) is 46.3 cm³/mol. The van der Waals surface area contributed by atoms with Crippen molar-refractivity contribution in [2.24, 2.45) is 5.41 Å². The third-order valence-electron chi connectivity index (χ3n) is 2.36. The highest BCUT2D eigenvalue weighted by molar-refractivity contribution is 7.46. The Kier molecular flexibility index (Phi) is 4.91. The summed E-state index contributed by atoms with van der Waals surface area (Å²) < 4.78 is 10.4. The quantitative estimate of drug-likeness (QED) is 0.474. The van der Waals surface area contributed by atoms with E-state index in [1.165, 1.54) is 0 Å². The van der Waals surface area contributed by atoms with Crippen molar-refractivity contribution in [2.75, 3.05) is 0 Å². The maximum atomic E-state index is 11.2. The van der Waals surface area contributed by atoms with E-state index in [4.69, 9.17) is 0 Å². The summed E-state index contributed by atoms with van der Waals surface area (Å²) in [5.41, 5.74) is -1.05. The zero-order valence-corrected chi connectivity index (χ0v) is 8.27. The molecule has 4 heteroatoms. The molecule has 0 saturated carbocycles. The summed E-state index contributed by atoms with van der Waals surface area (Å²) in [4.78, 5) is 21.5. The summed E-state index contributed by atoms with van der Waals surface area (Å²) in [5, 5.41) is 0. The maximum absolute atomic E-state index is 11.2. The second-order valence-electron chi connectivity index (χ2n) is 2.75. The van der Waals surface area contributed by atoms with Crippen LogP contribution in [0.4, 0.5) is 0 Å². The minimum absolute atomic E-state index is 0.175. The largest absolute Gasteiger partial charge is 0.303 e. The normalized spacial score (nSPS) is 11.5. The average Bonchev–Trinajstić information content (AvgIpc) is 2.13. The number of carbonyl (C=O) groups excluding carboxylic acids is 2. The van der Waals surface area contributed by atoms with Gasteiger partial charge < -0.3 is 4.79 Å². The van der Waals surface area contributed by atoms with Gasteiger partial charge in [0.2, 0.25) is 14.0 Å². The molecule has 0 spiro atoms. The van der Waals surface area contributed by atoms with Gasteiger partial charge in [0.25, 0.3) is 0 Å². The first-order valence-electron chi connectivity index (χ1n) is 3.98. The molecule has 0 unspecified atom stereocenters. The molecule has 0 bridgehead atoms. The number of aldehydes is 1. The second-order valence-corrected chi connectivity index (χ2v) is 3.34. The van der Waals surface area contributed by atoms with Crippen LogP contribution in [0, 0.1) is 5.41 Å². The fraction of sp³-hybridized carbons (Fsp3) is 0.750. The van der Waals surface area contributed by atoms with Gasteiger partial charge in [0.15, 0.2) is 0 Å². The third kappa shape index (κ3) is 2.21. The van der Waals surface area contributed by atoms with Crippen molar-refractivity contribution >= 4 is 20.3 Å². The third-order valence-corrected chi connectivity index (χ3v) is 3.00. The maximum Gasteiger partial charge on any atom is 0.232 e. The lowest BCUT2D eigenvalue weighted by atomic mass is 9.81. The number of hydrogen-bond acceptors (Lipinski definition) is 3. The van der Waals surface area contributed by atoms with Crippen LogP contribution >= 0.6 is 8.46 Å². The molecule has 3 nitrogen and oxygen atoms in total. The first-order valence-corrected chi connectivity index (χ1v) is 4.79. The van der Waals surface area contributed by atoms with E-state index in [0.717, 1.165) is 6.29 Å². The number of carbonyl (C=O) groups is 2. The highest BCUT2D eigenvalue weighted by Gasteiger charge is 2.34. The van der Waals surface area contributed by atoms with Gasteiger partial charge >= 0.3 is 0 Å². The van der Waals surface area contributed by atoms with Crippen molar-refractivity contribution in [3.8, 4) is 0 Å². The van der Waals surface area contributed by atoms with Gasteiger partial charge in [0, 0.05) is 11.8 Å². The van der Waals surface area contributed by atoms with E-state index >= 15 is 0 Å². The van der Waals surface area contributed by atoms with E-state index in [2.05, 4.69) is 0 Å². The lowest BCUT2D eigenvalue weighted by molar-refractivity contribution is -0.124. The Morgan fingerprint density at radius 2 is 1.92 bits per heavy atom. The van der Waals surface area contributed by atoms with Gasteiger partial charge in [-0.05, 0) is 12.8 Å². The number of rotatable bonds is 6. The first-order chi connectivity index (χ1) is 5.66. The van der Waals surface area contributed by atoms with E-state index in [0.29, 0.717) is 12.8 Å². The van der Waals surface area contributed by atoms with E-state index in [1.54, 1.807) is 0 Å². The minimum atomic E-state index is -0.689. The minimum Gasteiger partial charge on any atom is -0.303 e. The molecule has 0 aromatic rings. The summed E-state index contributed by atoms with van der Waals surface area (Å²) in [7, 11) is -0.484. The monoisotopic (exact) mass is 188 g/mol. The molecule has 0 N–H and O–H groups in total. The van der Waals surface area contributed by atoms with E-state index in [-0.39, 0.29) is 11.9 Å². The average molecular weight is 188 g/mol. The van der Waals surface area contributed by atoms with Gasteiger partial charge in [0.05, 0.1) is 0 Å². The van der Waals surface area contributed by atoms with Crippen molar-refractivity contribution in [3.63, 3.8) is 0 Å². The molecule has 12 heavy (non-hydrogen) atoms. The Hall–Kier alpha value is -0.560. The lowest BCUT2D eigenvalue weighted by Gasteiger charge is -2.24. The second kappa shape index (κ2) is 5.15. The Bertz CT molecular complexity index is 185. The molecule has 0 saturated heterocycles. The van der Waals surface area contributed by atoms with Crippen LogP contribution in [0.3, 0.4) is 0 Å². The van der Waals surface area contributed by atoms with Crippen molar-refractivity contribution < 1.29 is 14.2 Å². The highest BCUT2D eigenvalue weighted by Crippen LogP contribution is 2.34. The molecule has 0 heterocycles. The van der Waals surface area contributed by atoms with Gasteiger partial charge in [-0.25, -0.2) is 0 Å². The molecule has 0 amide bonds.